The van der Waals surface area contributed by atoms with E-state index in [0.29, 0.717) is 49.4 Å². The quantitative estimate of drug-likeness (QED) is 0.835. The molecule has 2 aliphatic heterocycles. The zero-order chi connectivity index (χ0) is 15.8. The van der Waals surface area contributed by atoms with Crippen LogP contribution < -0.4 is 0 Å². The van der Waals surface area contributed by atoms with E-state index >= 15 is 0 Å². The first-order valence-electron chi connectivity index (χ1n) is 7.60. The molecule has 2 saturated heterocycles. The third-order valence-electron chi connectivity index (χ3n) is 4.60. The van der Waals surface area contributed by atoms with Crippen LogP contribution in [0.25, 0.3) is 0 Å². The minimum atomic E-state index is -0.0163. The maximum atomic E-state index is 12.5. The van der Waals surface area contributed by atoms with E-state index in [1.807, 2.05) is 15.9 Å². The molecule has 2 fully saturated rings. The predicted molar refractivity (Wildman–Crippen MR) is 85.1 cm³/mol. The van der Waals surface area contributed by atoms with Gasteiger partial charge in [-0.1, -0.05) is 6.07 Å². The second-order valence-electron chi connectivity index (χ2n) is 6.03. The lowest BCUT2D eigenvalue weighted by molar-refractivity contribution is 0.0733. The highest BCUT2D eigenvalue weighted by molar-refractivity contribution is 7.07. The number of fused-ring (bicyclic) bond motifs is 1. The standard InChI is InChI=1S/C16H16N4O2S/c21-15(13-3-1-2-4-17-13)19-5-11-7-20(8-12(11)6-19)16(22)14-9-23-10-18-14/h1-4,9-12H,5-8H2/t11-,12+. The summed E-state index contributed by atoms with van der Waals surface area (Å²) >= 11 is 1.43. The average Bonchev–Trinajstić information content (AvgIpc) is 3.29. The number of aromatic nitrogens is 2. The van der Waals surface area contributed by atoms with E-state index in [2.05, 4.69) is 9.97 Å². The highest BCUT2D eigenvalue weighted by atomic mass is 32.1. The van der Waals surface area contributed by atoms with Crippen molar-refractivity contribution in [3.63, 3.8) is 0 Å². The summed E-state index contributed by atoms with van der Waals surface area (Å²) in [5.41, 5.74) is 2.69. The van der Waals surface area contributed by atoms with E-state index < -0.39 is 0 Å². The highest BCUT2D eigenvalue weighted by Crippen LogP contribution is 2.32. The SMILES string of the molecule is O=C(c1ccccn1)N1C[C@@H]2CN(C(=O)c3cscn3)C[C@@H]2C1. The van der Waals surface area contributed by atoms with Crippen molar-refractivity contribution in [1.82, 2.24) is 19.8 Å². The summed E-state index contributed by atoms with van der Waals surface area (Å²) in [7, 11) is 0. The molecule has 2 aromatic rings. The fourth-order valence-electron chi connectivity index (χ4n) is 3.46. The second kappa shape index (κ2) is 5.73. The first-order chi connectivity index (χ1) is 11.2. The van der Waals surface area contributed by atoms with E-state index in [9.17, 15) is 9.59 Å². The van der Waals surface area contributed by atoms with Crippen molar-refractivity contribution >= 4 is 23.2 Å². The molecule has 2 aromatic heterocycles. The molecule has 0 aromatic carbocycles. The first-order valence-corrected chi connectivity index (χ1v) is 8.54. The Kier molecular flexibility index (Phi) is 3.57. The molecule has 0 spiro atoms. The van der Waals surface area contributed by atoms with Crippen molar-refractivity contribution in [3.8, 4) is 0 Å². The van der Waals surface area contributed by atoms with Crippen molar-refractivity contribution in [2.24, 2.45) is 11.8 Å². The Morgan fingerprint density at radius 3 is 2.13 bits per heavy atom. The molecule has 0 radical (unpaired) electrons. The number of likely N-dealkylation sites (tertiary alicyclic amines) is 2. The Morgan fingerprint density at radius 1 is 0.957 bits per heavy atom. The molecular weight excluding hydrogens is 312 g/mol. The zero-order valence-corrected chi connectivity index (χ0v) is 13.3. The van der Waals surface area contributed by atoms with Crippen LogP contribution in [-0.2, 0) is 0 Å². The van der Waals surface area contributed by atoms with Crippen LogP contribution in [0.4, 0.5) is 0 Å². The minimum absolute atomic E-state index is 0.00301. The summed E-state index contributed by atoms with van der Waals surface area (Å²) in [6.45, 7) is 2.79. The number of hydrogen-bond acceptors (Lipinski definition) is 5. The maximum Gasteiger partial charge on any atom is 0.273 e. The van der Waals surface area contributed by atoms with Crippen molar-refractivity contribution in [3.05, 3.63) is 46.7 Å². The molecule has 23 heavy (non-hydrogen) atoms. The third-order valence-corrected chi connectivity index (χ3v) is 5.18. The van der Waals surface area contributed by atoms with Gasteiger partial charge in [0.1, 0.15) is 11.4 Å². The molecule has 4 heterocycles. The molecule has 0 unspecified atom stereocenters. The molecule has 0 N–H and O–H groups in total. The number of carbonyl (C=O) groups is 2. The van der Waals surface area contributed by atoms with Gasteiger partial charge in [0, 0.05) is 49.6 Å². The van der Waals surface area contributed by atoms with Crippen LogP contribution in [0, 0.1) is 11.8 Å². The van der Waals surface area contributed by atoms with Crippen molar-refractivity contribution in [1.29, 1.82) is 0 Å². The van der Waals surface area contributed by atoms with E-state index in [0.717, 1.165) is 0 Å². The van der Waals surface area contributed by atoms with Crippen LogP contribution in [0.1, 0.15) is 21.0 Å². The average molecular weight is 328 g/mol. The third kappa shape index (κ3) is 2.61. The molecule has 6 nitrogen and oxygen atoms in total. The van der Waals surface area contributed by atoms with Crippen LogP contribution >= 0.6 is 11.3 Å². The van der Waals surface area contributed by atoms with Gasteiger partial charge in [0.25, 0.3) is 11.8 Å². The lowest BCUT2D eigenvalue weighted by atomic mass is 10.0. The Labute approximate surface area is 137 Å². The van der Waals surface area contributed by atoms with E-state index in [1.54, 1.807) is 29.2 Å². The molecule has 0 bridgehead atoms. The normalized spacial score (nSPS) is 23.1. The topological polar surface area (TPSA) is 66.4 Å². The van der Waals surface area contributed by atoms with Crippen molar-refractivity contribution in [2.45, 2.75) is 0 Å². The Hall–Kier alpha value is -2.28. The first kappa shape index (κ1) is 14.3. The molecule has 2 atom stereocenters. The smallest absolute Gasteiger partial charge is 0.273 e. The molecule has 4 rings (SSSR count). The van der Waals surface area contributed by atoms with Crippen LogP contribution in [-0.4, -0.2) is 57.8 Å². The van der Waals surface area contributed by atoms with Crippen LogP contribution in [0.3, 0.4) is 0 Å². The van der Waals surface area contributed by atoms with Gasteiger partial charge >= 0.3 is 0 Å². The molecule has 2 aliphatic rings. The predicted octanol–water partition coefficient (Wildman–Crippen LogP) is 1.38. The van der Waals surface area contributed by atoms with Gasteiger partial charge in [-0.25, -0.2) is 4.98 Å². The number of pyridine rings is 1. The van der Waals surface area contributed by atoms with Crippen molar-refractivity contribution in [2.75, 3.05) is 26.2 Å². The van der Waals surface area contributed by atoms with Gasteiger partial charge in [0.2, 0.25) is 0 Å². The Morgan fingerprint density at radius 2 is 1.61 bits per heavy atom. The Balaban J connectivity index is 1.40. The van der Waals surface area contributed by atoms with Gasteiger partial charge in [0.15, 0.2) is 0 Å². The molecule has 118 valence electrons. The Bertz CT molecular complexity index is 705. The number of nitrogens with zero attached hydrogens (tertiary/aromatic N) is 4. The fraction of sp³-hybridized carbons (Fsp3) is 0.375. The van der Waals surface area contributed by atoms with Crippen LogP contribution in [0.15, 0.2) is 35.3 Å². The number of amides is 2. The number of carbonyl (C=O) groups excluding carboxylic acids is 2. The lowest BCUT2D eigenvalue weighted by Crippen LogP contribution is -2.36. The van der Waals surface area contributed by atoms with Crippen LogP contribution in [0.2, 0.25) is 0 Å². The fourth-order valence-corrected chi connectivity index (χ4v) is 3.98. The van der Waals surface area contributed by atoms with Gasteiger partial charge < -0.3 is 9.80 Å². The highest BCUT2D eigenvalue weighted by Gasteiger charge is 2.43. The summed E-state index contributed by atoms with van der Waals surface area (Å²) in [5, 5.41) is 1.79. The van der Waals surface area contributed by atoms with Gasteiger partial charge in [-0.05, 0) is 12.1 Å². The van der Waals surface area contributed by atoms with Crippen LogP contribution in [0.5, 0.6) is 0 Å². The number of thiazole rings is 1. The largest absolute Gasteiger partial charge is 0.337 e. The van der Waals surface area contributed by atoms with E-state index in [-0.39, 0.29) is 11.8 Å². The van der Waals surface area contributed by atoms with Gasteiger partial charge in [-0.3, -0.25) is 14.6 Å². The molecular formula is C16H16N4O2S. The van der Waals surface area contributed by atoms with Gasteiger partial charge in [-0.15, -0.1) is 11.3 Å². The molecule has 7 heteroatoms. The molecule has 0 aliphatic carbocycles. The number of rotatable bonds is 2. The summed E-state index contributed by atoms with van der Waals surface area (Å²) in [5.74, 6) is 0.691. The van der Waals surface area contributed by atoms with E-state index in [1.165, 1.54) is 11.3 Å². The number of hydrogen-bond donors (Lipinski definition) is 0. The summed E-state index contributed by atoms with van der Waals surface area (Å²) in [4.78, 5) is 36.8. The zero-order valence-electron chi connectivity index (χ0n) is 12.5. The molecule has 0 saturated carbocycles. The van der Waals surface area contributed by atoms with Gasteiger partial charge in [-0.2, -0.15) is 0 Å². The van der Waals surface area contributed by atoms with Crippen molar-refractivity contribution < 1.29 is 9.59 Å². The minimum Gasteiger partial charge on any atom is -0.337 e. The maximum absolute atomic E-state index is 12.5. The summed E-state index contributed by atoms with van der Waals surface area (Å²) < 4.78 is 0. The summed E-state index contributed by atoms with van der Waals surface area (Å²) in [6.07, 6.45) is 1.64. The lowest BCUT2D eigenvalue weighted by Gasteiger charge is -2.21. The van der Waals surface area contributed by atoms with Gasteiger partial charge in [0.05, 0.1) is 5.51 Å². The second-order valence-corrected chi connectivity index (χ2v) is 6.75. The molecule has 2 amide bonds. The monoisotopic (exact) mass is 328 g/mol. The van der Waals surface area contributed by atoms with E-state index in [4.69, 9.17) is 0 Å². The summed E-state index contributed by atoms with van der Waals surface area (Å²) in [6, 6.07) is 5.37.